The molecule has 2 heterocycles. The van der Waals surface area contributed by atoms with E-state index in [-0.39, 0.29) is 0 Å². The van der Waals surface area contributed by atoms with E-state index in [0.717, 1.165) is 16.3 Å². The number of hydrogen-bond donors (Lipinski definition) is 1. The second-order valence-electron chi connectivity index (χ2n) is 3.91. The normalized spacial score (nSPS) is 12.6. The van der Waals surface area contributed by atoms with E-state index >= 15 is 0 Å². The first kappa shape index (κ1) is 12.5. The van der Waals surface area contributed by atoms with E-state index in [4.69, 9.17) is 11.6 Å². The van der Waals surface area contributed by atoms with Gasteiger partial charge in [-0.25, -0.2) is 4.98 Å². The molecule has 0 aliphatic heterocycles. The lowest BCUT2D eigenvalue weighted by atomic mass is 10.1. The molecule has 2 aromatic rings. The summed E-state index contributed by atoms with van der Waals surface area (Å²) in [6.45, 7) is 1.95. The molecular weight excluding hydrogens is 256 g/mol. The first-order valence-electron chi connectivity index (χ1n) is 5.32. The number of thiazole rings is 1. The lowest BCUT2D eigenvalue weighted by molar-refractivity contribution is 0.175. The molecule has 0 spiro atoms. The van der Waals surface area contributed by atoms with Gasteiger partial charge in [0.2, 0.25) is 0 Å². The standard InChI is InChI=1S/C12H13ClN2OS/c1-8-7-17-12(15-8)5-10(16)4-9-2-3-14-6-11(9)13/h2-3,6-7,10,16H,4-5H2,1H3. The molecule has 17 heavy (non-hydrogen) atoms. The van der Waals surface area contributed by atoms with Gasteiger partial charge < -0.3 is 5.11 Å². The molecule has 1 N–H and O–H groups in total. The predicted octanol–water partition coefficient (Wildman–Crippen LogP) is 2.65. The fourth-order valence-electron chi connectivity index (χ4n) is 1.59. The zero-order valence-corrected chi connectivity index (χ0v) is 11.0. The Hall–Kier alpha value is -0.970. The maximum atomic E-state index is 9.98. The average molecular weight is 269 g/mol. The molecule has 0 saturated carbocycles. The Kier molecular flexibility index (Phi) is 4.10. The van der Waals surface area contributed by atoms with Gasteiger partial charge in [-0.05, 0) is 18.6 Å². The van der Waals surface area contributed by atoms with E-state index in [2.05, 4.69) is 9.97 Å². The van der Waals surface area contributed by atoms with Gasteiger partial charge in [0.25, 0.3) is 0 Å². The molecule has 0 aliphatic rings. The predicted molar refractivity (Wildman–Crippen MR) is 69.5 cm³/mol. The molecule has 0 aliphatic carbocycles. The molecule has 0 bridgehead atoms. The Morgan fingerprint density at radius 2 is 2.29 bits per heavy atom. The number of pyridine rings is 1. The van der Waals surface area contributed by atoms with Crippen molar-refractivity contribution in [3.8, 4) is 0 Å². The number of aliphatic hydroxyl groups excluding tert-OH is 1. The maximum absolute atomic E-state index is 9.98. The smallest absolute Gasteiger partial charge is 0.0954 e. The fourth-order valence-corrected chi connectivity index (χ4v) is 2.63. The van der Waals surface area contributed by atoms with Gasteiger partial charge in [-0.3, -0.25) is 4.98 Å². The van der Waals surface area contributed by atoms with Gasteiger partial charge in [0.15, 0.2) is 0 Å². The van der Waals surface area contributed by atoms with Crippen LogP contribution in [0.2, 0.25) is 5.02 Å². The van der Waals surface area contributed by atoms with Gasteiger partial charge in [0.1, 0.15) is 0 Å². The fraction of sp³-hybridized carbons (Fsp3) is 0.333. The lowest BCUT2D eigenvalue weighted by Gasteiger charge is -2.09. The zero-order chi connectivity index (χ0) is 12.3. The van der Waals surface area contributed by atoms with Crippen LogP contribution < -0.4 is 0 Å². The van der Waals surface area contributed by atoms with Crippen LogP contribution in [-0.4, -0.2) is 21.2 Å². The van der Waals surface area contributed by atoms with Crippen LogP contribution >= 0.6 is 22.9 Å². The van der Waals surface area contributed by atoms with Crippen LogP contribution in [-0.2, 0) is 12.8 Å². The van der Waals surface area contributed by atoms with Crippen molar-refractivity contribution in [3.05, 3.63) is 45.1 Å². The molecule has 1 atom stereocenters. The van der Waals surface area contributed by atoms with Gasteiger partial charge in [-0.15, -0.1) is 11.3 Å². The van der Waals surface area contributed by atoms with Gasteiger partial charge >= 0.3 is 0 Å². The van der Waals surface area contributed by atoms with E-state index < -0.39 is 6.10 Å². The van der Waals surface area contributed by atoms with E-state index in [1.807, 2.05) is 18.4 Å². The second kappa shape index (κ2) is 5.58. The third-order valence-corrected chi connectivity index (χ3v) is 3.72. The summed E-state index contributed by atoms with van der Waals surface area (Å²) in [5, 5.41) is 13.5. The van der Waals surface area contributed by atoms with Crippen LogP contribution in [0.3, 0.4) is 0 Å². The highest BCUT2D eigenvalue weighted by atomic mass is 35.5. The zero-order valence-electron chi connectivity index (χ0n) is 9.43. The Labute approximate surface area is 109 Å². The van der Waals surface area contributed by atoms with E-state index in [9.17, 15) is 5.11 Å². The third-order valence-electron chi connectivity index (χ3n) is 2.39. The van der Waals surface area contributed by atoms with E-state index in [1.165, 1.54) is 0 Å². The van der Waals surface area contributed by atoms with Crippen molar-refractivity contribution in [1.82, 2.24) is 9.97 Å². The molecule has 2 aromatic heterocycles. The van der Waals surface area contributed by atoms with Crippen LogP contribution in [0.4, 0.5) is 0 Å². The van der Waals surface area contributed by atoms with Crippen molar-refractivity contribution >= 4 is 22.9 Å². The molecule has 3 nitrogen and oxygen atoms in total. The summed E-state index contributed by atoms with van der Waals surface area (Å²) in [6.07, 6.45) is 3.91. The Morgan fingerprint density at radius 3 is 2.94 bits per heavy atom. The monoisotopic (exact) mass is 268 g/mol. The Morgan fingerprint density at radius 1 is 1.47 bits per heavy atom. The lowest BCUT2D eigenvalue weighted by Crippen LogP contribution is -2.14. The Bertz CT molecular complexity index is 501. The average Bonchev–Trinajstić information content (AvgIpc) is 2.67. The maximum Gasteiger partial charge on any atom is 0.0954 e. The van der Waals surface area contributed by atoms with Crippen molar-refractivity contribution in [2.24, 2.45) is 0 Å². The summed E-state index contributed by atoms with van der Waals surface area (Å²) in [5.74, 6) is 0. The van der Waals surface area contributed by atoms with Crippen LogP contribution in [0.25, 0.3) is 0 Å². The van der Waals surface area contributed by atoms with Crippen LogP contribution in [0.15, 0.2) is 23.8 Å². The molecule has 0 aromatic carbocycles. The molecular formula is C12H13ClN2OS. The minimum absolute atomic E-state index is 0.458. The quantitative estimate of drug-likeness (QED) is 0.927. The molecule has 2 rings (SSSR count). The number of hydrogen-bond acceptors (Lipinski definition) is 4. The molecule has 0 saturated heterocycles. The summed E-state index contributed by atoms with van der Waals surface area (Å²) < 4.78 is 0. The molecule has 1 unspecified atom stereocenters. The molecule has 5 heteroatoms. The SMILES string of the molecule is Cc1csc(CC(O)Cc2ccncc2Cl)n1. The number of aromatic nitrogens is 2. The van der Waals surface area contributed by atoms with E-state index in [0.29, 0.717) is 17.9 Å². The minimum atomic E-state index is -0.458. The highest BCUT2D eigenvalue weighted by molar-refractivity contribution is 7.09. The first-order chi connectivity index (χ1) is 8.15. The number of nitrogens with zero attached hydrogens (tertiary/aromatic N) is 2. The van der Waals surface area contributed by atoms with Crippen LogP contribution in [0.5, 0.6) is 0 Å². The second-order valence-corrected chi connectivity index (χ2v) is 5.26. The highest BCUT2D eigenvalue weighted by Gasteiger charge is 2.11. The van der Waals surface area contributed by atoms with Gasteiger partial charge in [-0.2, -0.15) is 0 Å². The number of rotatable bonds is 4. The third kappa shape index (κ3) is 3.49. The number of aryl methyl sites for hydroxylation is 1. The molecule has 90 valence electrons. The summed E-state index contributed by atoms with van der Waals surface area (Å²) >= 11 is 7.56. The van der Waals surface area contributed by atoms with Crippen molar-refractivity contribution in [1.29, 1.82) is 0 Å². The van der Waals surface area contributed by atoms with Crippen molar-refractivity contribution in [2.45, 2.75) is 25.9 Å². The van der Waals surface area contributed by atoms with Gasteiger partial charge in [0.05, 0.1) is 16.1 Å². The van der Waals surface area contributed by atoms with Gasteiger partial charge in [-0.1, -0.05) is 11.6 Å². The number of halogens is 1. The molecule has 0 amide bonds. The summed E-state index contributed by atoms with van der Waals surface area (Å²) in [7, 11) is 0. The van der Waals surface area contributed by atoms with Crippen molar-refractivity contribution in [2.75, 3.05) is 0 Å². The summed E-state index contributed by atoms with van der Waals surface area (Å²) in [6, 6.07) is 1.83. The van der Waals surface area contributed by atoms with Crippen LogP contribution in [0, 0.1) is 6.92 Å². The first-order valence-corrected chi connectivity index (χ1v) is 6.58. The molecule has 0 fully saturated rings. The highest BCUT2D eigenvalue weighted by Crippen LogP contribution is 2.18. The Balaban J connectivity index is 1.98. The largest absolute Gasteiger partial charge is 0.392 e. The topological polar surface area (TPSA) is 46.0 Å². The van der Waals surface area contributed by atoms with Crippen LogP contribution in [0.1, 0.15) is 16.3 Å². The molecule has 0 radical (unpaired) electrons. The van der Waals surface area contributed by atoms with Crippen molar-refractivity contribution < 1.29 is 5.11 Å². The summed E-state index contributed by atoms with van der Waals surface area (Å²) in [5.41, 5.74) is 1.92. The number of aliphatic hydroxyl groups is 1. The van der Waals surface area contributed by atoms with E-state index in [1.54, 1.807) is 23.7 Å². The summed E-state index contributed by atoms with van der Waals surface area (Å²) in [4.78, 5) is 8.24. The van der Waals surface area contributed by atoms with Crippen molar-refractivity contribution in [3.63, 3.8) is 0 Å². The minimum Gasteiger partial charge on any atom is -0.392 e. The van der Waals surface area contributed by atoms with Gasteiger partial charge in [0, 0.05) is 36.3 Å².